The standard InChI is InChI=1S/C17H25N3O2S/c1-12(2)15-9-13(11-23-15)16(21)20-8-5-18-10-14(20)17(22)19-6-3-4-7-19/h9,11-12,14,18H,3-8,10H2,1-2H3/t14-/m0/s1. The lowest BCUT2D eigenvalue weighted by atomic mass is 10.1. The lowest BCUT2D eigenvalue weighted by molar-refractivity contribution is -0.135. The van der Waals surface area contributed by atoms with Crippen molar-refractivity contribution in [3.05, 3.63) is 21.9 Å². The third-order valence-corrected chi connectivity index (χ3v) is 5.88. The molecule has 2 aliphatic heterocycles. The summed E-state index contributed by atoms with van der Waals surface area (Å²) in [6, 6.07) is 1.62. The van der Waals surface area contributed by atoms with Gasteiger partial charge in [0.1, 0.15) is 6.04 Å². The Hall–Kier alpha value is -1.40. The Morgan fingerprint density at radius 3 is 2.65 bits per heavy atom. The van der Waals surface area contributed by atoms with E-state index in [1.54, 1.807) is 16.2 Å². The Morgan fingerprint density at radius 2 is 2.00 bits per heavy atom. The van der Waals surface area contributed by atoms with Crippen molar-refractivity contribution < 1.29 is 9.59 Å². The van der Waals surface area contributed by atoms with Crippen molar-refractivity contribution in [3.8, 4) is 0 Å². The molecule has 0 radical (unpaired) electrons. The molecule has 0 saturated carbocycles. The van der Waals surface area contributed by atoms with E-state index in [0.717, 1.165) is 38.0 Å². The van der Waals surface area contributed by atoms with Gasteiger partial charge in [-0.3, -0.25) is 9.59 Å². The van der Waals surface area contributed by atoms with Crippen LogP contribution in [0.4, 0.5) is 0 Å². The van der Waals surface area contributed by atoms with E-state index in [2.05, 4.69) is 19.2 Å². The van der Waals surface area contributed by atoms with E-state index in [0.29, 0.717) is 19.0 Å². The number of nitrogens with zero attached hydrogens (tertiary/aromatic N) is 2. The first-order valence-electron chi connectivity index (χ1n) is 8.47. The average Bonchev–Trinajstić information content (AvgIpc) is 3.24. The number of hydrogen-bond donors (Lipinski definition) is 1. The highest BCUT2D eigenvalue weighted by Gasteiger charge is 2.36. The molecule has 1 aromatic rings. The molecule has 2 aliphatic rings. The van der Waals surface area contributed by atoms with Crippen molar-refractivity contribution in [3.63, 3.8) is 0 Å². The molecule has 0 unspecified atom stereocenters. The number of piperazine rings is 1. The molecular formula is C17H25N3O2S. The van der Waals surface area contributed by atoms with E-state index in [1.165, 1.54) is 4.88 Å². The lowest BCUT2D eigenvalue weighted by Crippen LogP contribution is -2.59. The minimum Gasteiger partial charge on any atom is -0.341 e. The molecule has 0 bridgehead atoms. The fourth-order valence-corrected chi connectivity index (χ4v) is 4.15. The van der Waals surface area contributed by atoms with Gasteiger partial charge in [-0.25, -0.2) is 0 Å². The van der Waals surface area contributed by atoms with Crippen LogP contribution in [0.5, 0.6) is 0 Å². The van der Waals surface area contributed by atoms with Crippen molar-refractivity contribution >= 4 is 23.2 Å². The first-order valence-corrected chi connectivity index (χ1v) is 9.35. The van der Waals surface area contributed by atoms with Gasteiger partial charge in [0.15, 0.2) is 0 Å². The Balaban J connectivity index is 1.76. The molecule has 1 N–H and O–H groups in total. The first kappa shape index (κ1) is 16.5. The third kappa shape index (κ3) is 3.43. The maximum absolute atomic E-state index is 12.9. The number of carbonyl (C=O) groups is 2. The zero-order chi connectivity index (χ0) is 16.4. The number of hydrogen-bond acceptors (Lipinski definition) is 4. The van der Waals surface area contributed by atoms with Crippen molar-refractivity contribution in [1.82, 2.24) is 15.1 Å². The van der Waals surface area contributed by atoms with E-state index in [-0.39, 0.29) is 17.9 Å². The molecular weight excluding hydrogens is 310 g/mol. The third-order valence-electron chi connectivity index (χ3n) is 4.64. The van der Waals surface area contributed by atoms with Crippen molar-refractivity contribution in [2.24, 2.45) is 0 Å². The second-order valence-corrected chi connectivity index (χ2v) is 7.59. The van der Waals surface area contributed by atoms with Gasteiger partial charge in [-0.2, -0.15) is 0 Å². The largest absolute Gasteiger partial charge is 0.341 e. The lowest BCUT2D eigenvalue weighted by Gasteiger charge is -2.37. The molecule has 3 heterocycles. The fraction of sp³-hybridized carbons (Fsp3) is 0.647. The van der Waals surface area contributed by atoms with Gasteiger partial charge in [0.2, 0.25) is 5.91 Å². The van der Waals surface area contributed by atoms with E-state index in [4.69, 9.17) is 0 Å². The summed E-state index contributed by atoms with van der Waals surface area (Å²) in [6.07, 6.45) is 2.14. The van der Waals surface area contributed by atoms with Crippen LogP contribution in [-0.2, 0) is 4.79 Å². The Bertz CT molecular complexity index is 578. The molecule has 2 fully saturated rings. The predicted octanol–water partition coefficient (Wildman–Crippen LogP) is 1.91. The number of nitrogens with one attached hydrogen (secondary N) is 1. The van der Waals surface area contributed by atoms with Gasteiger partial charge in [-0.05, 0) is 24.8 Å². The predicted molar refractivity (Wildman–Crippen MR) is 91.9 cm³/mol. The summed E-state index contributed by atoms with van der Waals surface area (Å²) in [7, 11) is 0. The van der Waals surface area contributed by atoms with E-state index in [9.17, 15) is 9.59 Å². The molecule has 5 nitrogen and oxygen atoms in total. The van der Waals surface area contributed by atoms with Gasteiger partial charge in [0.25, 0.3) is 5.91 Å². The molecule has 1 atom stereocenters. The van der Waals surface area contributed by atoms with Crippen LogP contribution in [-0.4, -0.2) is 60.4 Å². The molecule has 6 heteroatoms. The highest BCUT2D eigenvalue weighted by atomic mass is 32.1. The molecule has 2 amide bonds. The van der Waals surface area contributed by atoms with Gasteiger partial charge in [0, 0.05) is 43.0 Å². The monoisotopic (exact) mass is 335 g/mol. The maximum atomic E-state index is 12.9. The van der Waals surface area contributed by atoms with E-state index >= 15 is 0 Å². The molecule has 126 valence electrons. The molecule has 2 saturated heterocycles. The summed E-state index contributed by atoms with van der Waals surface area (Å²) in [5.74, 6) is 0.515. The Morgan fingerprint density at radius 1 is 1.26 bits per heavy atom. The highest BCUT2D eigenvalue weighted by Crippen LogP contribution is 2.25. The van der Waals surface area contributed by atoms with Crippen LogP contribution < -0.4 is 5.32 Å². The second-order valence-electron chi connectivity index (χ2n) is 6.64. The number of amides is 2. The topological polar surface area (TPSA) is 52.7 Å². The van der Waals surface area contributed by atoms with E-state index in [1.807, 2.05) is 16.3 Å². The number of carbonyl (C=O) groups excluding carboxylic acids is 2. The Kier molecular flexibility index (Phi) is 5.02. The van der Waals surface area contributed by atoms with Gasteiger partial charge in [-0.15, -0.1) is 11.3 Å². The van der Waals surface area contributed by atoms with Gasteiger partial charge in [-0.1, -0.05) is 13.8 Å². The van der Waals surface area contributed by atoms with Crippen molar-refractivity contribution in [2.75, 3.05) is 32.7 Å². The molecule has 23 heavy (non-hydrogen) atoms. The number of rotatable bonds is 3. The first-order chi connectivity index (χ1) is 11.1. The van der Waals surface area contributed by atoms with Crippen LogP contribution in [0.3, 0.4) is 0 Å². The summed E-state index contributed by atoms with van der Waals surface area (Å²) in [6.45, 7) is 7.81. The highest BCUT2D eigenvalue weighted by molar-refractivity contribution is 7.10. The van der Waals surface area contributed by atoms with Gasteiger partial charge < -0.3 is 15.1 Å². The van der Waals surface area contributed by atoms with Crippen LogP contribution in [0, 0.1) is 0 Å². The molecule has 0 spiro atoms. The normalized spacial score (nSPS) is 22.0. The average molecular weight is 335 g/mol. The summed E-state index contributed by atoms with van der Waals surface area (Å²) < 4.78 is 0. The molecule has 0 aromatic carbocycles. The number of thiophene rings is 1. The summed E-state index contributed by atoms with van der Waals surface area (Å²) in [4.78, 5) is 30.5. The maximum Gasteiger partial charge on any atom is 0.255 e. The SMILES string of the molecule is CC(C)c1cc(C(=O)N2CCNC[C@H]2C(=O)N2CCCC2)cs1. The van der Waals surface area contributed by atoms with Gasteiger partial charge >= 0.3 is 0 Å². The van der Waals surface area contributed by atoms with Gasteiger partial charge in [0.05, 0.1) is 5.56 Å². The summed E-state index contributed by atoms with van der Waals surface area (Å²) >= 11 is 1.63. The molecule has 1 aromatic heterocycles. The summed E-state index contributed by atoms with van der Waals surface area (Å²) in [5.41, 5.74) is 0.722. The fourth-order valence-electron chi connectivity index (χ4n) is 3.25. The molecule has 0 aliphatic carbocycles. The second kappa shape index (κ2) is 7.01. The zero-order valence-corrected chi connectivity index (χ0v) is 14.7. The molecule has 3 rings (SSSR count). The minimum absolute atomic E-state index is 0.00723. The number of likely N-dealkylation sites (tertiary alicyclic amines) is 1. The van der Waals surface area contributed by atoms with Crippen LogP contribution in [0.1, 0.15) is 47.8 Å². The smallest absolute Gasteiger partial charge is 0.255 e. The Labute approximate surface area is 141 Å². The van der Waals surface area contributed by atoms with Crippen LogP contribution in [0.2, 0.25) is 0 Å². The minimum atomic E-state index is -0.364. The zero-order valence-electron chi connectivity index (χ0n) is 13.9. The van der Waals surface area contributed by atoms with E-state index < -0.39 is 0 Å². The quantitative estimate of drug-likeness (QED) is 0.918. The van der Waals surface area contributed by atoms with Crippen molar-refractivity contribution in [2.45, 2.75) is 38.6 Å². The van der Waals surface area contributed by atoms with Crippen LogP contribution in [0.15, 0.2) is 11.4 Å². The van der Waals surface area contributed by atoms with Crippen molar-refractivity contribution in [1.29, 1.82) is 0 Å². The van der Waals surface area contributed by atoms with Crippen LogP contribution in [0.25, 0.3) is 0 Å². The summed E-state index contributed by atoms with van der Waals surface area (Å²) in [5, 5.41) is 5.19. The van der Waals surface area contributed by atoms with Crippen LogP contribution >= 0.6 is 11.3 Å².